The Morgan fingerprint density at radius 2 is 2.06 bits per heavy atom. The van der Waals surface area contributed by atoms with Gasteiger partial charge in [-0.3, -0.25) is 0 Å². The average Bonchev–Trinajstić information content (AvgIpc) is 2.74. The summed E-state index contributed by atoms with van der Waals surface area (Å²) in [4.78, 5) is 12.2. The Kier molecular flexibility index (Phi) is 3.07. The van der Waals surface area contributed by atoms with E-state index in [4.69, 9.17) is 14.1 Å². The van der Waals surface area contributed by atoms with E-state index in [0.717, 1.165) is 5.76 Å². The molecule has 0 unspecified atom stereocenters. The number of hydrogen-bond donors (Lipinski definition) is 0. The highest BCUT2D eigenvalue weighted by Gasteiger charge is 2.13. The molecule has 0 fully saturated rings. The monoisotopic (exact) mass is 247 g/mol. The Hall–Kier alpha value is -1.93. The van der Waals surface area contributed by atoms with Crippen molar-refractivity contribution in [2.24, 2.45) is 0 Å². The summed E-state index contributed by atoms with van der Waals surface area (Å²) >= 11 is 1.33. The highest BCUT2D eigenvalue weighted by molar-refractivity contribution is 7.98. The van der Waals surface area contributed by atoms with Gasteiger partial charge in [0.1, 0.15) is 11.8 Å². The molecule has 0 aromatic carbocycles. The van der Waals surface area contributed by atoms with Crippen molar-refractivity contribution in [3.05, 3.63) is 39.9 Å². The van der Waals surface area contributed by atoms with E-state index in [1.807, 2.05) is 6.07 Å². The van der Waals surface area contributed by atoms with Crippen molar-refractivity contribution in [1.82, 2.24) is 0 Å². The van der Waals surface area contributed by atoms with Crippen LogP contribution >= 0.6 is 11.8 Å². The van der Waals surface area contributed by atoms with E-state index < -0.39 is 5.63 Å². The Labute approximate surface area is 102 Å². The minimum Gasteiger partial charge on any atom is -0.458 e. The zero-order valence-corrected chi connectivity index (χ0v) is 10.1. The van der Waals surface area contributed by atoms with Gasteiger partial charge in [0, 0.05) is 4.90 Å². The van der Waals surface area contributed by atoms with Crippen LogP contribution in [0.1, 0.15) is 11.3 Å². The summed E-state index contributed by atoms with van der Waals surface area (Å²) in [7, 11) is 0. The number of hydrogen-bond acceptors (Lipinski definition) is 5. The van der Waals surface area contributed by atoms with Crippen LogP contribution in [0.5, 0.6) is 0 Å². The molecule has 0 spiro atoms. The van der Waals surface area contributed by atoms with E-state index >= 15 is 0 Å². The molecule has 17 heavy (non-hydrogen) atoms. The third kappa shape index (κ3) is 2.12. The summed E-state index contributed by atoms with van der Waals surface area (Å²) in [6, 6.07) is 6.99. The minimum absolute atomic E-state index is 0.0320. The third-order valence-corrected chi connectivity index (χ3v) is 2.99. The third-order valence-electron chi connectivity index (χ3n) is 2.23. The lowest BCUT2D eigenvalue weighted by Gasteiger charge is -2.01. The quantitative estimate of drug-likeness (QED) is 0.763. The number of thioether (sulfide) groups is 1. The zero-order chi connectivity index (χ0) is 12.4. The summed E-state index contributed by atoms with van der Waals surface area (Å²) in [5.74, 6) is 1.56. The molecule has 0 amide bonds. The van der Waals surface area contributed by atoms with Crippen LogP contribution in [0.4, 0.5) is 0 Å². The summed E-state index contributed by atoms with van der Waals surface area (Å²) < 4.78 is 10.4. The van der Waals surface area contributed by atoms with Gasteiger partial charge in [-0.25, -0.2) is 4.79 Å². The molecule has 0 bridgehead atoms. The number of nitrogens with zero attached hydrogens (tertiary/aromatic N) is 1. The van der Waals surface area contributed by atoms with E-state index in [9.17, 15) is 4.79 Å². The van der Waals surface area contributed by atoms with Crippen LogP contribution in [0.25, 0.3) is 11.5 Å². The normalized spacial score (nSPS) is 10.2. The molecule has 0 atom stereocenters. The molecule has 5 heteroatoms. The standard InChI is InChI=1S/C12H9NO3S/c1-7-3-4-9(15-7)10-5-11(17-2)8(6-13)12(14)16-10/h3-5H,1-2H3. The summed E-state index contributed by atoms with van der Waals surface area (Å²) in [5.41, 5.74) is -0.604. The largest absolute Gasteiger partial charge is 0.458 e. The van der Waals surface area contributed by atoms with Crippen LogP contribution < -0.4 is 5.63 Å². The lowest BCUT2D eigenvalue weighted by atomic mass is 10.2. The Bertz CT molecular complexity index is 649. The van der Waals surface area contributed by atoms with Crippen molar-refractivity contribution in [2.45, 2.75) is 11.8 Å². The number of rotatable bonds is 2. The first-order valence-corrected chi connectivity index (χ1v) is 6.07. The fourth-order valence-corrected chi connectivity index (χ4v) is 1.98. The van der Waals surface area contributed by atoms with Gasteiger partial charge in [-0.2, -0.15) is 5.26 Å². The molecular formula is C12H9NO3S. The van der Waals surface area contributed by atoms with Crippen molar-refractivity contribution < 1.29 is 8.83 Å². The van der Waals surface area contributed by atoms with E-state index in [1.54, 1.807) is 31.4 Å². The molecule has 86 valence electrons. The van der Waals surface area contributed by atoms with Crippen LogP contribution in [0.2, 0.25) is 0 Å². The van der Waals surface area contributed by atoms with Crippen LogP contribution in [0, 0.1) is 18.3 Å². The summed E-state index contributed by atoms with van der Waals surface area (Å²) in [6.45, 7) is 1.81. The van der Waals surface area contributed by atoms with E-state index in [-0.39, 0.29) is 5.56 Å². The van der Waals surface area contributed by atoms with Crippen molar-refractivity contribution in [3.63, 3.8) is 0 Å². The SMILES string of the molecule is CSc1cc(-c2ccc(C)o2)oc(=O)c1C#N. The molecule has 0 N–H and O–H groups in total. The summed E-state index contributed by atoms with van der Waals surface area (Å²) in [5, 5.41) is 8.85. The van der Waals surface area contributed by atoms with E-state index in [0.29, 0.717) is 16.4 Å². The molecule has 2 aromatic heterocycles. The molecule has 0 saturated heterocycles. The summed E-state index contributed by atoms with van der Waals surface area (Å²) in [6.07, 6.45) is 1.80. The molecule has 0 saturated carbocycles. The second kappa shape index (κ2) is 4.52. The van der Waals surface area contributed by atoms with Gasteiger partial charge in [0.25, 0.3) is 0 Å². The second-order valence-electron chi connectivity index (χ2n) is 3.36. The maximum Gasteiger partial charge on any atom is 0.355 e. The molecule has 0 aliphatic carbocycles. The van der Waals surface area contributed by atoms with Crippen molar-refractivity contribution in [1.29, 1.82) is 5.26 Å². The molecular weight excluding hydrogens is 238 g/mol. The van der Waals surface area contributed by atoms with Crippen molar-refractivity contribution >= 4 is 11.8 Å². The first-order chi connectivity index (χ1) is 8.15. The molecule has 4 nitrogen and oxygen atoms in total. The van der Waals surface area contributed by atoms with Crippen LogP contribution in [0.3, 0.4) is 0 Å². The first-order valence-electron chi connectivity index (χ1n) is 4.84. The minimum atomic E-state index is -0.636. The Morgan fingerprint density at radius 3 is 2.59 bits per heavy atom. The predicted octanol–water partition coefficient (Wildman–Crippen LogP) is 2.80. The van der Waals surface area contributed by atoms with Crippen LogP contribution in [-0.4, -0.2) is 6.26 Å². The molecule has 0 aliphatic rings. The molecule has 2 aromatic rings. The lowest BCUT2D eigenvalue weighted by molar-refractivity contribution is 0.476. The number of furan rings is 1. The number of aryl methyl sites for hydroxylation is 1. The molecule has 0 aliphatic heterocycles. The predicted molar refractivity (Wildman–Crippen MR) is 63.9 cm³/mol. The van der Waals surface area contributed by atoms with E-state index in [2.05, 4.69) is 0 Å². The van der Waals surface area contributed by atoms with Gasteiger partial charge < -0.3 is 8.83 Å². The maximum atomic E-state index is 11.6. The van der Waals surface area contributed by atoms with Crippen LogP contribution in [-0.2, 0) is 0 Å². The van der Waals surface area contributed by atoms with Crippen molar-refractivity contribution in [2.75, 3.05) is 6.26 Å². The Morgan fingerprint density at radius 1 is 1.29 bits per heavy atom. The Balaban J connectivity index is 2.63. The highest BCUT2D eigenvalue weighted by atomic mass is 32.2. The average molecular weight is 247 g/mol. The van der Waals surface area contributed by atoms with Gasteiger partial charge >= 0.3 is 5.63 Å². The van der Waals surface area contributed by atoms with Gasteiger partial charge in [-0.05, 0) is 31.4 Å². The van der Waals surface area contributed by atoms with Gasteiger partial charge in [-0.15, -0.1) is 11.8 Å². The van der Waals surface area contributed by atoms with Gasteiger partial charge in [0.15, 0.2) is 17.1 Å². The smallest absolute Gasteiger partial charge is 0.355 e. The zero-order valence-electron chi connectivity index (χ0n) is 9.31. The highest BCUT2D eigenvalue weighted by Crippen LogP contribution is 2.26. The molecule has 0 radical (unpaired) electrons. The second-order valence-corrected chi connectivity index (χ2v) is 4.21. The van der Waals surface area contributed by atoms with Gasteiger partial charge in [0.05, 0.1) is 0 Å². The van der Waals surface area contributed by atoms with E-state index in [1.165, 1.54) is 11.8 Å². The van der Waals surface area contributed by atoms with Crippen LogP contribution in [0.15, 0.2) is 36.7 Å². The van der Waals surface area contributed by atoms with Crippen molar-refractivity contribution in [3.8, 4) is 17.6 Å². The maximum absolute atomic E-state index is 11.6. The molecule has 2 heterocycles. The topological polar surface area (TPSA) is 67.1 Å². The lowest BCUT2D eigenvalue weighted by Crippen LogP contribution is -2.06. The van der Waals surface area contributed by atoms with Gasteiger partial charge in [-0.1, -0.05) is 0 Å². The fraction of sp³-hybridized carbons (Fsp3) is 0.167. The first kappa shape index (κ1) is 11.6. The van der Waals surface area contributed by atoms with Gasteiger partial charge in [0.2, 0.25) is 0 Å². The molecule has 2 rings (SSSR count). The fourth-order valence-electron chi connectivity index (χ4n) is 1.42. The number of nitriles is 1.